The number of carbonyl (C=O) groups is 2. The smallest absolute Gasteiger partial charge is 0.221 e. The van der Waals surface area contributed by atoms with Crippen LogP contribution >= 0.6 is 0 Å². The molecule has 0 aliphatic carbocycles. The van der Waals surface area contributed by atoms with Crippen LogP contribution in [0, 0.1) is 0 Å². The maximum Gasteiger partial charge on any atom is 0.221 e. The van der Waals surface area contributed by atoms with Gasteiger partial charge in [-0.25, -0.2) is 0 Å². The van der Waals surface area contributed by atoms with Crippen molar-refractivity contribution in [3.8, 4) is 0 Å². The van der Waals surface area contributed by atoms with Crippen molar-refractivity contribution in [2.75, 3.05) is 0 Å². The molecule has 0 saturated carbocycles. The second-order valence-electron chi connectivity index (χ2n) is 2.66. The second-order valence-corrected chi connectivity index (χ2v) is 2.66. The van der Waals surface area contributed by atoms with Crippen LogP contribution in [0.4, 0.5) is 0 Å². The van der Waals surface area contributed by atoms with Crippen molar-refractivity contribution < 1.29 is 9.59 Å². The van der Waals surface area contributed by atoms with Gasteiger partial charge in [0.05, 0.1) is 0 Å². The van der Waals surface area contributed by atoms with E-state index < -0.39 is 11.6 Å². The van der Waals surface area contributed by atoms with Crippen LogP contribution in [0.3, 0.4) is 0 Å². The number of benzene rings is 1. The Morgan fingerprint density at radius 2 is 1.77 bits per heavy atom. The Labute approximate surface area is 76.9 Å². The third-order valence-corrected chi connectivity index (χ3v) is 1.57. The van der Waals surface area contributed by atoms with Crippen molar-refractivity contribution >= 4 is 17.6 Å². The van der Waals surface area contributed by atoms with Crippen LogP contribution in [0.15, 0.2) is 36.4 Å². The average Bonchev–Trinajstić information content (AvgIpc) is 2.15. The van der Waals surface area contributed by atoms with E-state index in [0.29, 0.717) is 0 Å². The summed E-state index contributed by atoms with van der Waals surface area (Å²) < 4.78 is 0. The quantitative estimate of drug-likeness (QED) is 0.517. The first kappa shape index (κ1) is 9.39. The molecule has 0 N–H and O–H groups in total. The summed E-state index contributed by atoms with van der Waals surface area (Å²) in [5.74, 6) is -0.906. The summed E-state index contributed by atoms with van der Waals surface area (Å²) in [6.45, 7) is 1.26. The van der Waals surface area contributed by atoms with E-state index in [1.165, 1.54) is 13.0 Å². The van der Waals surface area contributed by atoms with Gasteiger partial charge in [-0.05, 0) is 11.6 Å². The molecule has 0 aliphatic heterocycles. The standard InChI is InChI=1S/C11H10O2/c1-9(12)11(13)8-7-10-5-3-2-4-6-10/h2-8H,1H3/b8-7+. The van der Waals surface area contributed by atoms with Gasteiger partial charge in [0.2, 0.25) is 5.78 Å². The third-order valence-electron chi connectivity index (χ3n) is 1.57. The van der Waals surface area contributed by atoms with Crippen molar-refractivity contribution in [3.63, 3.8) is 0 Å². The molecule has 13 heavy (non-hydrogen) atoms. The molecule has 1 rings (SSSR count). The topological polar surface area (TPSA) is 34.1 Å². The summed E-state index contributed by atoms with van der Waals surface area (Å²) in [5.41, 5.74) is 0.914. The highest BCUT2D eigenvalue weighted by Crippen LogP contribution is 2.00. The van der Waals surface area contributed by atoms with Gasteiger partial charge in [0.1, 0.15) is 0 Å². The van der Waals surface area contributed by atoms with Gasteiger partial charge in [-0.15, -0.1) is 0 Å². The van der Waals surface area contributed by atoms with Crippen molar-refractivity contribution in [3.05, 3.63) is 42.0 Å². The Kier molecular flexibility index (Phi) is 3.15. The van der Waals surface area contributed by atoms with E-state index in [-0.39, 0.29) is 0 Å². The lowest BCUT2D eigenvalue weighted by Gasteiger charge is -1.89. The molecular weight excluding hydrogens is 164 g/mol. The first-order valence-corrected chi connectivity index (χ1v) is 3.98. The Morgan fingerprint density at radius 1 is 1.15 bits per heavy atom. The molecule has 0 bridgehead atoms. The summed E-state index contributed by atoms with van der Waals surface area (Å²) >= 11 is 0. The lowest BCUT2D eigenvalue weighted by atomic mass is 10.2. The Bertz CT molecular complexity index is 336. The number of allylic oxidation sites excluding steroid dienone is 1. The van der Waals surface area contributed by atoms with Gasteiger partial charge in [-0.1, -0.05) is 36.4 Å². The van der Waals surface area contributed by atoms with E-state index in [2.05, 4.69) is 0 Å². The van der Waals surface area contributed by atoms with Crippen molar-refractivity contribution in [1.29, 1.82) is 0 Å². The predicted molar refractivity (Wildman–Crippen MR) is 51.2 cm³/mol. The van der Waals surface area contributed by atoms with Crippen LogP contribution in [0.5, 0.6) is 0 Å². The number of ketones is 2. The normalized spacial score (nSPS) is 10.2. The molecule has 1 aromatic rings. The SMILES string of the molecule is CC(=O)C(=O)/C=C/c1ccccc1. The molecule has 2 heteroatoms. The van der Waals surface area contributed by atoms with Crippen LogP contribution in [-0.4, -0.2) is 11.6 Å². The molecule has 66 valence electrons. The van der Waals surface area contributed by atoms with E-state index in [0.717, 1.165) is 5.56 Å². The van der Waals surface area contributed by atoms with E-state index >= 15 is 0 Å². The molecule has 1 aromatic carbocycles. The van der Waals surface area contributed by atoms with Gasteiger partial charge in [0.15, 0.2) is 5.78 Å². The van der Waals surface area contributed by atoms with Crippen molar-refractivity contribution in [2.45, 2.75) is 6.92 Å². The molecule has 0 heterocycles. The minimum Gasteiger partial charge on any atom is -0.291 e. The molecule has 0 amide bonds. The first-order valence-electron chi connectivity index (χ1n) is 3.98. The lowest BCUT2D eigenvalue weighted by molar-refractivity contribution is -0.132. The zero-order valence-corrected chi connectivity index (χ0v) is 7.36. The Balaban J connectivity index is 2.70. The van der Waals surface area contributed by atoms with E-state index in [1.807, 2.05) is 30.3 Å². The van der Waals surface area contributed by atoms with Gasteiger partial charge >= 0.3 is 0 Å². The van der Waals surface area contributed by atoms with E-state index in [9.17, 15) is 9.59 Å². The maximum absolute atomic E-state index is 10.9. The van der Waals surface area contributed by atoms with Gasteiger partial charge < -0.3 is 0 Å². The fraction of sp³-hybridized carbons (Fsp3) is 0.0909. The van der Waals surface area contributed by atoms with Gasteiger partial charge in [0.25, 0.3) is 0 Å². The van der Waals surface area contributed by atoms with Crippen LogP contribution in [-0.2, 0) is 9.59 Å². The fourth-order valence-corrected chi connectivity index (χ4v) is 0.853. The highest BCUT2D eigenvalue weighted by Gasteiger charge is 2.00. The van der Waals surface area contributed by atoms with Crippen molar-refractivity contribution in [1.82, 2.24) is 0 Å². The highest BCUT2D eigenvalue weighted by molar-refractivity contribution is 6.41. The van der Waals surface area contributed by atoms with E-state index in [4.69, 9.17) is 0 Å². The highest BCUT2D eigenvalue weighted by atomic mass is 16.2. The lowest BCUT2D eigenvalue weighted by Crippen LogP contribution is -2.04. The minimum atomic E-state index is -0.469. The van der Waals surface area contributed by atoms with Crippen LogP contribution in [0.1, 0.15) is 12.5 Å². The van der Waals surface area contributed by atoms with Gasteiger partial charge in [-0.3, -0.25) is 9.59 Å². The molecule has 0 spiro atoms. The average molecular weight is 174 g/mol. The number of carbonyl (C=O) groups excluding carboxylic acids is 2. The predicted octanol–water partition coefficient (Wildman–Crippen LogP) is 1.86. The molecule has 0 aliphatic rings. The summed E-state index contributed by atoms with van der Waals surface area (Å²) in [5, 5.41) is 0. The molecule has 2 nitrogen and oxygen atoms in total. The van der Waals surface area contributed by atoms with Crippen LogP contribution in [0.2, 0.25) is 0 Å². The summed E-state index contributed by atoms with van der Waals surface area (Å²) in [6, 6.07) is 9.37. The summed E-state index contributed by atoms with van der Waals surface area (Å²) in [4.78, 5) is 21.4. The molecule has 0 aromatic heterocycles. The Hall–Kier alpha value is -1.70. The molecule has 0 unspecified atom stereocenters. The number of hydrogen-bond donors (Lipinski definition) is 0. The van der Waals surface area contributed by atoms with Gasteiger partial charge in [-0.2, -0.15) is 0 Å². The maximum atomic E-state index is 10.9. The van der Waals surface area contributed by atoms with Crippen molar-refractivity contribution in [2.24, 2.45) is 0 Å². The number of hydrogen-bond acceptors (Lipinski definition) is 2. The first-order chi connectivity index (χ1) is 6.20. The number of rotatable bonds is 3. The molecule has 0 saturated heterocycles. The molecular formula is C11H10O2. The summed E-state index contributed by atoms with van der Waals surface area (Å²) in [7, 11) is 0. The third kappa shape index (κ3) is 3.03. The molecule has 0 fully saturated rings. The molecule has 0 radical (unpaired) electrons. The van der Waals surface area contributed by atoms with Gasteiger partial charge in [0, 0.05) is 6.92 Å². The van der Waals surface area contributed by atoms with Crippen LogP contribution < -0.4 is 0 Å². The fourth-order valence-electron chi connectivity index (χ4n) is 0.853. The second kappa shape index (κ2) is 4.36. The Morgan fingerprint density at radius 3 is 2.31 bits per heavy atom. The summed E-state index contributed by atoms with van der Waals surface area (Å²) in [6.07, 6.45) is 2.92. The largest absolute Gasteiger partial charge is 0.291 e. The van der Waals surface area contributed by atoms with Crippen LogP contribution in [0.25, 0.3) is 6.08 Å². The minimum absolute atomic E-state index is 0.438. The zero-order chi connectivity index (χ0) is 9.68. The molecule has 0 atom stereocenters. The van der Waals surface area contributed by atoms with E-state index in [1.54, 1.807) is 6.08 Å². The zero-order valence-electron chi connectivity index (χ0n) is 7.36. The number of Topliss-reactive ketones (excluding diaryl/α,β-unsaturated/α-hetero) is 1. The monoisotopic (exact) mass is 174 g/mol.